The van der Waals surface area contributed by atoms with Crippen LogP contribution in [0.3, 0.4) is 0 Å². The van der Waals surface area contributed by atoms with Gasteiger partial charge in [0.25, 0.3) is 5.56 Å². The van der Waals surface area contributed by atoms with Gasteiger partial charge in [-0.2, -0.15) is 0 Å². The zero-order valence-electron chi connectivity index (χ0n) is 17.4. The van der Waals surface area contributed by atoms with Gasteiger partial charge in [0.1, 0.15) is 0 Å². The van der Waals surface area contributed by atoms with E-state index in [1.807, 2.05) is 49.4 Å². The number of rotatable bonds is 4. The minimum atomic E-state index is -0.594. The number of ether oxygens (including phenoxy) is 1. The third kappa shape index (κ3) is 4.13. The predicted molar refractivity (Wildman–Crippen MR) is 123 cm³/mol. The molecular weight excluding hydrogens is 432 g/mol. The quantitative estimate of drug-likeness (QED) is 0.566. The number of thiazole rings is 1. The number of hydrogen-bond donors (Lipinski definition) is 0. The van der Waals surface area contributed by atoms with E-state index in [-0.39, 0.29) is 12.2 Å². The van der Waals surface area contributed by atoms with Crippen molar-refractivity contribution in [1.82, 2.24) is 4.57 Å². The molecule has 2 heterocycles. The standard InChI is InChI=1S/C24H21ClN2O3S/c1-4-30-23(29)20-15(3)26-24-27(21(20)17-9-5-14(2)6-10-17)22(28)19(31-24)13-16-7-11-18(25)12-8-16/h5-13,21H,4H2,1-3H3/b19-13+/t21-/m1/s1. The number of halogens is 1. The number of hydrogen-bond acceptors (Lipinski definition) is 5. The van der Waals surface area contributed by atoms with Crippen LogP contribution in [-0.4, -0.2) is 17.1 Å². The molecule has 1 aliphatic rings. The second-order valence-electron chi connectivity index (χ2n) is 7.26. The van der Waals surface area contributed by atoms with Crippen molar-refractivity contribution >= 4 is 35.0 Å². The summed E-state index contributed by atoms with van der Waals surface area (Å²) in [4.78, 5) is 31.4. The topological polar surface area (TPSA) is 60.7 Å². The molecule has 0 bridgehead atoms. The zero-order valence-corrected chi connectivity index (χ0v) is 19.0. The molecule has 158 valence electrons. The molecule has 0 saturated heterocycles. The number of aryl methyl sites for hydroxylation is 1. The smallest absolute Gasteiger partial charge is 0.338 e. The number of benzene rings is 2. The van der Waals surface area contributed by atoms with E-state index >= 15 is 0 Å². The lowest BCUT2D eigenvalue weighted by Gasteiger charge is -2.24. The molecule has 5 nitrogen and oxygen atoms in total. The number of esters is 1. The van der Waals surface area contributed by atoms with Crippen LogP contribution in [0.1, 0.15) is 36.6 Å². The lowest BCUT2D eigenvalue weighted by Crippen LogP contribution is -2.39. The molecule has 7 heteroatoms. The van der Waals surface area contributed by atoms with Crippen molar-refractivity contribution in [3.05, 3.63) is 101 Å². The Morgan fingerprint density at radius 2 is 1.84 bits per heavy atom. The molecule has 0 amide bonds. The summed E-state index contributed by atoms with van der Waals surface area (Å²) < 4.78 is 7.44. The Kier molecular flexibility index (Phi) is 5.94. The van der Waals surface area contributed by atoms with Gasteiger partial charge < -0.3 is 4.74 Å². The van der Waals surface area contributed by atoms with Gasteiger partial charge in [0, 0.05) is 5.02 Å². The van der Waals surface area contributed by atoms with E-state index in [0.717, 1.165) is 16.7 Å². The van der Waals surface area contributed by atoms with Gasteiger partial charge in [0.05, 0.1) is 28.5 Å². The molecule has 0 N–H and O–H groups in total. The first-order chi connectivity index (χ1) is 14.9. The SMILES string of the molecule is CCOC(=O)C1=C(C)N=c2s/c(=C/c3ccc(Cl)cc3)c(=O)n2[C@@H]1c1ccc(C)cc1. The summed E-state index contributed by atoms with van der Waals surface area (Å²) in [5.74, 6) is -0.457. The number of nitrogens with zero attached hydrogens (tertiary/aromatic N) is 2. The zero-order chi connectivity index (χ0) is 22.1. The molecule has 1 aromatic heterocycles. The van der Waals surface area contributed by atoms with Crippen molar-refractivity contribution in [1.29, 1.82) is 0 Å². The summed E-state index contributed by atoms with van der Waals surface area (Å²) in [6.45, 7) is 5.78. The first-order valence-corrected chi connectivity index (χ1v) is 11.1. The van der Waals surface area contributed by atoms with E-state index in [1.54, 1.807) is 30.5 Å². The Morgan fingerprint density at radius 3 is 2.48 bits per heavy atom. The van der Waals surface area contributed by atoms with Gasteiger partial charge in [-0.3, -0.25) is 9.36 Å². The fourth-order valence-corrected chi connectivity index (χ4v) is 4.74. The molecule has 3 aromatic rings. The van der Waals surface area contributed by atoms with Crippen molar-refractivity contribution in [3.8, 4) is 0 Å². The van der Waals surface area contributed by atoms with Crippen LogP contribution in [0, 0.1) is 6.92 Å². The molecule has 31 heavy (non-hydrogen) atoms. The van der Waals surface area contributed by atoms with Crippen LogP contribution >= 0.6 is 22.9 Å². The van der Waals surface area contributed by atoms with Crippen molar-refractivity contribution in [2.24, 2.45) is 4.99 Å². The van der Waals surface area contributed by atoms with E-state index in [9.17, 15) is 9.59 Å². The molecular formula is C24H21ClN2O3S. The molecule has 0 unspecified atom stereocenters. The van der Waals surface area contributed by atoms with Gasteiger partial charge in [-0.1, -0.05) is 64.9 Å². The predicted octanol–water partition coefficient (Wildman–Crippen LogP) is 3.76. The van der Waals surface area contributed by atoms with Crippen LogP contribution in [0.15, 0.2) is 69.6 Å². The van der Waals surface area contributed by atoms with Gasteiger partial charge in [0.15, 0.2) is 4.80 Å². The van der Waals surface area contributed by atoms with Gasteiger partial charge >= 0.3 is 5.97 Å². The molecule has 0 spiro atoms. The molecule has 0 fully saturated rings. The van der Waals surface area contributed by atoms with Crippen LogP contribution in [0.2, 0.25) is 5.02 Å². The average Bonchev–Trinajstić information content (AvgIpc) is 3.04. The summed E-state index contributed by atoms with van der Waals surface area (Å²) in [6.07, 6.45) is 1.82. The normalized spacial score (nSPS) is 16.1. The highest BCUT2D eigenvalue weighted by molar-refractivity contribution is 7.07. The number of fused-ring (bicyclic) bond motifs is 1. The van der Waals surface area contributed by atoms with Crippen molar-refractivity contribution in [2.45, 2.75) is 26.8 Å². The Labute approximate surface area is 188 Å². The second-order valence-corrected chi connectivity index (χ2v) is 8.71. The number of carbonyl (C=O) groups excluding carboxylic acids is 1. The molecule has 1 atom stereocenters. The maximum absolute atomic E-state index is 13.4. The lowest BCUT2D eigenvalue weighted by molar-refractivity contribution is -0.139. The lowest BCUT2D eigenvalue weighted by atomic mass is 9.95. The minimum absolute atomic E-state index is 0.196. The first-order valence-electron chi connectivity index (χ1n) is 9.91. The largest absolute Gasteiger partial charge is 0.463 e. The first kappa shape index (κ1) is 21.3. The van der Waals surface area contributed by atoms with Crippen molar-refractivity contribution in [2.75, 3.05) is 6.61 Å². The Balaban J connectivity index is 1.94. The van der Waals surface area contributed by atoms with E-state index in [4.69, 9.17) is 16.3 Å². The van der Waals surface area contributed by atoms with E-state index in [2.05, 4.69) is 4.99 Å². The van der Waals surface area contributed by atoms with Crippen molar-refractivity contribution in [3.63, 3.8) is 0 Å². The highest BCUT2D eigenvalue weighted by atomic mass is 35.5. The van der Waals surface area contributed by atoms with Gasteiger partial charge in [-0.15, -0.1) is 0 Å². The number of carbonyl (C=O) groups is 1. The van der Waals surface area contributed by atoms with Gasteiger partial charge in [-0.05, 0) is 50.1 Å². The molecule has 0 aliphatic carbocycles. The maximum Gasteiger partial charge on any atom is 0.338 e. The van der Waals surface area contributed by atoms with E-state index in [1.165, 1.54) is 11.3 Å². The fourth-order valence-electron chi connectivity index (χ4n) is 3.57. The minimum Gasteiger partial charge on any atom is -0.463 e. The summed E-state index contributed by atoms with van der Waals surface area (Å²) >= 11 is 7.27. The molecule has 0 radical (unpaired) electrons. The number of aromatic nitrogens is 1. The third-order valence-corrected chi connectivity index (χ3v) is 6.31. The third-order valence-electron chi connectivity index (χ3n) is 5.08. The van der Waals surface area contributed by atoms with Gasteiger partial charge in [0.2, 0.25) is 0 Å². The molecule has 1 aliphatic heterocycles. The Hall–Kier alpha value is -2.96. The monoisotopic (exact) mass is 452 g/mol. The average molecular weight is 453 g/mol. The van der Waals surface area contributed by atoms with Gasteiger partial charge in [-0.25, -0.2) is 9.79 Å². The van der Waals surface area contributed by atoms with E-state index < -0.39 is 12.0 Å². The summed E-state index contributed by atoms with van der Waals surface area (Å²) in [5, 5.41) is 0.632. The summed E-state index contributed by atoms with van der Waals surface area (Å²) in [7, 11) is 0. The molecule has 2 aromatic carbocycles. The summed E-state index contributed by atoms with van der Waals surface area (Å²) in [5.41, 5.74) is 3.54. The second kappa shape index (κ2) is 8.65. The Bertz CT molecular complexity index is 1350. The molecule has 4 rings (SSSR count). The number of allylic oxidation sites excluding steroid dienone is 1. The highest BCUT2D eigenvalue weighted by Crippen LogP contribution is 2.30. The summed E-state index contributed by atoms with van der Waals surface area (Å²) in [6, 6.07) is 14.5. The van der Waals surface area contributed by atoms with Crippen LogP contribution in [-0.2, 0) is 9.53 Å². The fraction of sp³-hybridized carbons (Fsp3) is 0.208. The van der Waals surface area contributed by atoms with Crippen LogP contribution in [0.4, 0.5) is 0 Å². The highest BCUT2D eigenvalue weighted by Gasteiger charge is 2.33. The van der Waals surface area contributed by atoms with Crippen LogP contribution < -0.4 is 14.9 Å². The Morgan fingerprint density at radius 1 is 1.16 bits per heavy atom. The maximum atomic E-state index is 13.4. The van der Waals surface area contributed by atoms with Crippen LogP contribution in [0.5, 0.6) is 0 Å². The van der Waals surface area contributed by atoms with Crippen LogP contribution in [0.25, 0.3) is 6.08 Å². The van der Waals surface area contributed by atoms with E-state index in [0.29, 0.717) is 25.6 Å². The van der Waals surface area contributed by atoms with Crippen molar-refractivity contribution < 1.29 is 9.53 Å². The molecule has 0 saturated carbocycles.